The molecule has 0 saturated heterocycles. The van der Waals surface area contributed by atoms with E-state index in [-0.39, 0.29) is 6.71 Å². The fourth-order valence-corrected chi connectivity index (χ4v) is 6.31. The van der Waals surface area contributed by atoms with E-state index in [0.29, 0.717) is 0 Å². The average Bonchev–Trinajstić information content (AvgIpc) is 2.91. The molecule has 6 aromatic carbocycles. The molecule has 0 bridgehead atoms. The van der Waals surface area contributed by atoms with Crippen molar-refractivity contribution in [1.29, 1.82) is 0 Å². The van der Waals surface area contributed by atoms with Crippen molar-refractivity contribution >= 4 is 61.7 Å². The van der Waals surface area contributed by atoms with Gasteiger partial charge in [-0.15, -0.1) is 0 Å². The third-order valence-corrected chi connectivity index (χ3v) is 7.64. The van der Waals surface area contributed by atoms with Gasteiger partial charge in [-0.05, 0) is 73.9 Å². The van der Waals surface area contributed by atoms with Crippen LogP contribution in [0.2, 0.25) is 0 Å². The summed E-state index contributed by atoms with van der Waals surface area (Å²) in [4.78, 5) is 2.45. The van der Waals surface area contributed by atoms with E-state index in [2.05, 4.69) is 126 Å². The summed E-state index contributed by atoms with van der Waals surface area (Å²) in [6.45, 7) is 0.222. The smallest absolute Gasteiger partial charge is 0.248 e. The van der Waals surface area contributed by atoms with Crippen LogP contribution >= 0.6 is 0 Å². The van der Waals surface area contributed by atoms with E-state index in [1.165, 1.54) is 66.1 Å². The van der Waals surface area contributed by atoms with Gasteiger partial charge >= 0.3 is 0 Å². The number of fused-ring (bicyclic) bond motifs is 7. The van der Waals surface area contributed by atoms with Crippen LogP contribution in [-0.4, -0.2) is 6.71 Å². The molecule has 0 atom stereocenters. The first-order valence-corrected chi connectivity index (χ1v) is 11.9. The van der Waals surface area contributed by atoms with Crippen LogP contribution in [0, 0.1) is 0 Å². The van der Waals surface area contributed by atoms with Crippen molar-refractivity contribution in [3.8, 4) is 11.1 Å². The van der Waals surface area contributed by atoms with Crippen molar-refractivity contribution in [3.05, 3.63) is 121 Å². The summed E-state index contributed by atoms with van der Waals surface area (Å²) < 4.78 is 0. The molecule has 0 spiro atoms. The SMILES string of the molecule is c1ccc(N2c3ccccc3B3c4ccccc4-c4cc5ccccc5c5ccc2c3c45)cc1. The summed E-state index contributed by atoms with van der Waals surface area (Å²) in [7, 11) is 0. The monoisotopic (exact) mass is 429 g/mol. The summed E-state index contributed by atoms with van der Waals surface area (Å²) in [6, 6.07) is 44.6. The Bertz CT molecular complexity index is 1770. The molecule has 0 unspecified atom stereocenters. The molecule has 156 valence electrons. The van der Waals surface area contributed by atoms with Gasteiger partial charge in [0.05, 0.1) is 0 Å². The largest absolute Gasteiger partial charge is 0.312 e. The van der Waals surface area contributed by atoms with Crippen LogP contribution in [0.4, 0.5) is 17.1 Å². The van der Waals surface area contributed by atoms with Gasteiger partial charge in [0.1, 0.15) is 0 Å². The highest BCUT2D eigenvalue weighted by Gasteiger charge is 2.40. The number of nitrogens with zero attached hydrogens (tertiary/aromatic N) is 1. The Kier molecular flexibility index (Phi) is 3.54. The Hall–Kier alpha value is -4.30. The van der Waals surface area contributed by atoms with Crippen LogP contribution in [-0.2, 0) is 0 Å². The van der Waals surface area contributed by atoms with E-state index >= 15 is 0 Å². The molecule has 1 nitrogen and oxygen atoms in total. The zero-order valence-electron chi connectivity index (χ0n) is 18.6. The molecule has 2 aliphatic heterocycles. The van der Waals surface area contributed by atoms with Gasteiger partial charge < -0.3 is 4.90 Å². The van der Waals surface area contributed by atoms with Crippen molar-refractivity contribution in [3.63, 3.8) is 0 Å². The maximum atomic E-state index is 2.45. The van der Waals surface area contributed by atoms with Gasteiger partial charge in [0.2, 0.25) is 6.71 Å². The fourth-order valence-electron chi connectivity index (χ4n) is 6.31. The van der Waals surface area contributed by atoms with E-state index < -0.39 is 0 Å². The molecule has 0 fully saturated rings. The van der Waals surface area contributed by atoms with Gasteiger partial charge in [-0.1, -0.05) is 96.5 Å². The third-order valence-electron chi connectivity index (χ3n) is 7.64. The minimum atomic E-state index is 0.222. The molecule has 0 N–H and O–H groups in total. The maximum absolute atomic E-state index is 2.45. The second-order valence-electron chi connectivity index (χ2n) is 9.32. The van der Waals surface area contributed by atoms with Crippen molar-refractivity contribution in [2.75, 3.05) is 4.90 Å². The molecule has 0 radical (unpaired) electrons. The molecule has 0 aromatic heterocycles. The lowest BCUT2D eigenvalue weighted by atomic mass is 9.32. The highest BCUT2D eigenvalue weighted by atomic mass is 15.1. The molecule has 2 heterocycles. The minimum Gasteiger partial charge on any atom is -0.312 e. The van der Waals surface area contributed by atoms with E-state index in [1.54, 1.807) is 0 Å². The number of hydrogen-bond acceptors (Lipinski definition) is 1. The van der Waals surface area contributed by atoms with Crippen LogP contribution in [0.5, 0.6) is 0 Å². The zero-order chi connectivity index (χ0) is 22.2. The Morgan fingerprint density at radius 1 is 0.500 bits per heavy atom. The Labute approximate surface area is 199 Å². The molecular weight excluding hydrogens is 409 g/mol. The second-order valence-corrected chi connectivity index (χ2v) is 9.32. The summed E-state index contributed by atoms with van der Waals surface area (Å²) in [5.74, 6) is 0. The normalized spacial score (nSPS) is 13.2. The van der Waals surface area contributed by atoms with Crippen molar-refractivity contribution in [1.82, 2.24) is 0 Å². The van der Waals surface area contributed by atoms with Crippen molar-refractivity contribution in [2.24, 2.45) is 0 Å². The van der Waals surface area contributed by atoms with Crippen LogP contribution in [0.1, 0.15) is 0 Å². The second kappa shape index (κ2) is 6.62. The lowest BCUT2D eigenvalue weighted by Gasteiger charge is -2.40. The first-order valence-electron chi connectivity index (χ1n) is 11.9. The van der Waals surface area contributed by atoms with Crippen molar-refractivity contribution < 1.29 is 0 Å². The van der Waals surface area contributed by atoms with Gasteiger partial charge in [0.25, 0.3) is 0 Å². The predicted octanol–water partition coefficient (Wildman–Crippen LogP) is 6.27. The molecule has 0 saturated carbocycles. The van der Waals surface area contributed by atoms with E-state index in [9.17, 15) is 0 Å². The average molecular weight is 429 g/mol. The fraction of sp³-hybridized carbons (Fsp3) is 0. The van der Waals surface area contributed by atoms with Gasteiger partial charge in [-0.2, -0.15) is 0 Å². The molecule has 6 aromatic rings. The highest BCUT2D eigenvalue weighted by Crippen LogP contribution is 2.43. The van der Waals surface area contributed by atoms with E-state index in [0.717, 1.165) is 0 Å². The molecule has 2 aliphatic rings. The number of anilines is 3. The summed E-state index contributed by atoms with van der Waals surface area (Å²) >= 11 is 0. The molecular formula is C32H20BN. The first kappa shape index (κ1) is 18.2. The minimum absolute atomic E-state index is 0.222. The van der Waals surface area contributed by atoms with Crippen LogP contribution in [0.15, 0.2) is 121 Å². The first-order chi connectivity index (χ1) is 16.9. The number of benzene rings is 6. The van der Waals surface area contributed by atoms with Gasteiger partial charge in [0, 0.05) is 17.1 Å². The number of para-hydroxylation sites is 2. The number of rotatable bonds is 1. The Morgan fingerprint density at radius 2 is 1.24 bits per heavy atom. The van der Waals surface area contributed by atoms with Gasteiger partial charge in [-0.25, -0.2) is 0 Å². The van der Waals surface area contributed by atoms with Crippen LogP contribution in [0.25, 0.3) is 32.7 Å². The molecule has 34 heavy (non-hydrogen) atoms. The van der Waals surface area contributed by atoms with Crippen LogP contribution < -0.4 is 21.3 Å². The quantitative estimate of drug-likeness (QED) is 0.220. The molecule has 8 rings (SSSR count). The van der Waals surface area contributed by atoms with Gasteiger partial charge in [0.15, 0.2) is 0 Å². The number of hydrogen-bond donors (Lipinski definition) is 0. The van der Waals surface area contributed by atoms with Crippen molar-refractivity contribution in [2.45, 2.75) is 0 Å². The summed E-state index contributed by atoms with van der Waals surface area (Å²) in [5.41, 5.74) is 10.7. The van der Waals surface area contributed by atoms with Gasteiger partial charge in [-0.3, -0.25) is 0 Å². The predicted molar refractivity (Wildman–Crippen MR) is 146 cm³/mol. The highest BCUT2D eigenvalue weighted by molar-refractivity contribution is 7.01. The molecule has 0 aliphatic carbocycles. The topological polar surface area (TPSA) is 3.24 Å². The maximum Gasteiger partial charge on any atom is 0.248 e. The summed E-state index contributed by atoms with van der Waals surface area (Å²) in [5, 5.41) is 5.37. The van der Waals surface area contributed by atoms with Crippen LogP contribution in [0.3, 0.4) is 0 Å². The standard InChI is InChI=1S/C32H20BN/c1-2-11-22(12-3-1)34-29-17-9-8-16-28(29)33-27-15-7-6-14-24(27)26-20-21-10-4-5-13-23(21)25-18-19-30(34)32(33)31(25)26/h1-20H. The van der Waals surface area contributed by atoms with E-state index in [4.69, 9.17) is 0 Å². The molecule has 2 heteroatoms. The third kappa shape index (κ3) is 2.25. The lowest BCUT2D eigenvalue weighted by Crippen LogP contribution is -2.59. The summed E-state index contributed by atoms with van der Waals surface area (Å²) in [6.07, 6.45) is 0. The Morgan fingerprint density at radius 3 is 2.15 bits per heavy atom. The zero-order valence-corrected chi connectivity index (χ0v) is 18.6. The molecule has 0 amide bonds. The lowest BCUT2D eigenvalue weighted by molar-refractivity contribution is 1.30. The Balaban J connectivity index is 1.60. The van der Waals surface area contributed by atoms with E-state index in [1.807, 2.05) is 0 Å².